The van der Waals surface area contributed by atoms with Crippen LogP contribution in [0.1, 0.15) is 19.7 Å². The first-order valence-electron chi connectivity index (χ1n) is 6.09. The number of nitrogens with zero attached hydrogens (tertiary/aromatic N) is 2. The summed E-state index contributed by atoms with van der Waals surface area (Å²) in [4.78, 5) is 21.1. The van der Waals surface area contributed by atoms with Crippen molar-refractivity contribution in [3.63, 3.8) is 0 Å². The molecule has 20 heavy (non-hydrogen) atoms. The van der Waals surface area contributed by atoms with E-state index in [4.69, 9.17) is 9.68 Å². The standard InChI is InChI=1S/C14H12N4O2/c1-14(2,7-15)12-16-6-10(17-12)8-3-4-9-11(5-8)20-13(19)18-9/h3-6H,1-2H3,(H,16,17)(H,18,19). The van der Waals surface area contributed by atoms with Gasteiger partial charge in [0.05, 0.1) is 23.5 Å². The molecule has 1 aromatic carbocycles. The molecule has 3 rings (SSSR count). The predicted octanol–water partition coefficient (Wildman–Crippen LogP) is 2.31. The largest absolute Gasteiger partial charge is 0.417 e. The number of H-pyrrole nitrogens is 2. The highest BCUT2D eigenvalue weighted by Gasteiger charge is 2.23. The van der Waals surface area contributed by atoms with Crippen molar-refractivity contribution in [2.75, 3.05) is 0 Å². The van der Waals surface area contributed by atoms with Crippen LogP contribution in [0.5, 0.6) is 0 Å². The molecule has 2 heterocycles. The zero-order valence-electron chi connectivity index (χ0n) is 11.0. The van der Waals surface area contributed by atoms with E-state index in [9.17, 15) is 4.79 Å². The van der Waals surface area contributed by atoms with Crippen LogP contribution in [-0.4, -0.2) is 15.0 Å². The minimum absolute atomic E-state index is 0.479. The second-order valence-corrected chi connectivity index (χ2v) is 5.11. The highest BCUT2D eigenvalue weighted by atomic mass is 16.4. The van der Waals surface area contributed by atoms with Crippen LogP contribution >= 0.6 is 0 Å². The Morgan fingerprint density at radius 3 is 2.90 bits per heavy atom. The molecule has 0 bridgehead atoms. The zero-order chi connectivity index (χ0) is 14.3. The molecule has 0 atom stereocenters. The number of nitriles is 1. The highest BCUT2D eigenvalue weighted by Crippen LogP contribution is 2.25. The number of benzene rings is 1. The van der Waals surface area contributed by atoms with Crippen LogP contribution in [0.15, 0.2) is 33.6 Å². The van der Waals surface area contributed by atoms with E-state index < -0.39 is 11.2 Å². The summed E-state index contributed by atoms with van der Waals surface area (Å²) in [6, 6.07) is 7.57. The molecule has 0 spiro atoms. The van der Waals surface area contributed by atoms with Gasteiger partial charge in [-0.15, -0.1) is 0 Å². The Morgan fingerprint density at radius 2 is 2.15 bits per heavy atom. The van der Waals surface area contributed by atoms with Crippen LogP contribution in [0.4, 0.5) is 0 Å². The van der Waals surface area contributed by atoms with Gasteiger partial charge in [0.2, 0.25) is 0 Å². The summed E-state index contributed by atoms with van der Waals surface area (Å²) in [5, 5.41) is 9.11. The van der Waals surface area contributed by atoms with Crippen LogP contribution in [0.25, 0.3) is 22.4 Å². The smallest absolute Gasteiger partial charge is 0.408 e. The van der Waals surface area contributed by atoms with Crippen LogP contribution in [0.3, 0.4) is 0 Å². The lowest BCUT2D eigenvalue weighted by Gasteiger charge is -2.10. The molecule has 0 saturated carbocycles. The lowest BCUT2D eigenvalue weighted by molar-refractivity contribution is 0.555. The van der Waals surface area contributed by atoms with Gasteiger partial charge in [0, 0.05) is 5.56 Å². The molecule has 0 fully saturated rings. The summed E-state index contributed by atoms with van der Waals surface area (Å²) in [5.74, 6) is 0.124. The lowest BCUT2D eigenvalue weighted by atomic mass is 9.95. The predicted molar refractivity (Wildman–Crippen MR) is 73.1 cm³/mol. The Balaban J connectivity index is 2.07. The number of aromatic nitrogens is 3. The van der Waals surface area contributed by atoms with Crippen molar-refractivity contribution in [1.29, 1.82) is 5.26 Å². The molecule has 6 nitrogen and oxygen atoms in total. The van der Waals surface area contributed by atoms with E-state index in [1.807, 2.05) is 6.07 Å². The molecule has 2 aromatic heterocycles. The van der Waals surface area contributed by atoms with E-state index in [0.29, 0.717) is 16.9 Å². The van der Waals surface area contributed by atoms with Crippen molar-refractivity contribution in [1.82, 2.24) is 15.0 Å². The van der Waals surface area contributed by atoms with Gasteiger partial charge in [-0.3, -0.25) is 4.98 Å². The Bertz CT molecular complexity index is 876. The molecule has 100 valence electrons. The van der Waals surface area contributed by atoms with Gasteiger partial charge >= 0.3 is 5.76 Å². The monoisotopic (exact) mass is 268 g/mol. The first-order chi connectivity index (χ1) is 9.49. The van der Waals surface area contributed by atoms with Gasteiger partial charge < -0.3 is 9.40 Å². The van der Waals surface area contributed by atoms with Crippen molar-refractivity contribution in [2.45, 2.75) is 19.3 Å². The van der Waals surface area contributed by atoms with E-state index in [1.165, 1.54) is 0 Å². The van der Waals surface area contributed by atoms with Crippen molar-refractivity contribution >= 4 is 11.1 Å². The normalized spacial score (nSPS) is 11.7. The molecule has 0 aliphatic heterocycles. The van der Waals surface area contributed by atoms with E-state index in [0.717, 1.165) is 11.3 Å². The molecular formula is C14H12N4O2. The zero-order valence-corrected chi connectivity index (χ0v) is 11.0. The van der Waals surface area contributed by atoms with E-state index in [-0.39, 0.29) is 0 Å². The van der Waals surface area contributed by atoms with Gasteiger partial charge in [-0.05, 0) is 26.0 Å². The van der Waals surface area contributed by atoms with Crippen molar-refractivity contribution < 1.29 is 4.42 Å². The number of oxazole rings is 1. The fourth-order valence-corrected chi connectivity index (χ4v) is 1.95. The fraction of sp³-hybridized carbons (Fsp3) is 0.214. The molecular weight excluding hydrogens is 256 g/mol. The summed E-state index contributed by atoms with van der Waals surface area (Å²) in [6.07, 6.45) is 1.67. The molecule has 2 N–H and O–H groups in total. The van der Waals surface area contributed by atoms with Crippen molar-refractivity contribution in [3.05, 3.63) is 40.8 Å². The summed E-state index contributed by atoms with van der Waals surface area (Å²) >= 11 is 0. The molecule has 0 amide bonds. The Morgan fingerprint density at radius 1 is 1.35 bits per heavy atom. The minimum Gasteiger partial charge on any atom is -0.408 e. The fourth-order valence-electron chi connectivity index (χ4n) is 1.95. The highest BCUT2D eigenvalue weighted by molar-refractivity contribution is 5.78. The van der Waals surface area contributed by atoms with Gasteiger partial charge in [-0.25, -0.2) is 9.78 Å². The maximum absolute atomic E-state index is 11.1. The quantitative estimate of drug-likeness (QED) is 0.745. The Hall–Kier alpha value is -2.81. The number of nitrogens with one attached hydrogen (secondary N) is 2. The molecule has 6 heteroatoms. The van der Waals surface area contributed by atoms with Crippen LogP contribution < -0.4 is 5.76 Å². The first kappa shape index (κ1) is 12.2. The number of hydrogen-bond donors (Lipinski definition) is 2. The molecule has 0 radical (unpaired) electrons. The average Bonchev–Trinajstić information content (AvgIpc) is 3.02. The topological polar surface area (TPSA) is 98.5 Å². The van der Waals surface area contributed by atoms with Crippen LogP contribution in [0.2, 0.25) is 0 Å². The van der Waals surface area contributed by atoms with E-state index >= 15 is 0 Å². The maximum Gasteiger partial charge on any atom is 0.417 e. The third-order valence-corrected chi connectivity index (χ3v) is 3.18. The number of fused-ring (bicyclic) bond motifs is 1. The lowest BCUT2D eigenvalue weighted by Crippen LogP contribution is -2.15. The number of imidazole rings is 1. The van der Waals surface area contributed by atoms with Gasteiger partial charge in [0.15, 0.2) is 5.58 Å². The molecule has 0 unspecified atom stereocenters. The first-order valence-corrected chi connectivity index (χ1v) is 6.09. The average molecular weight is 268 g/mol. The van der Waals surface area contributed by atoms with Gasteiger partial charge in [0.25, 0.3) is 0 Å². The minimum atomic E-state index is -0.678. The van der Waals surface area contributed by atoms with Crippen molar-refractivity contribution in [2.24, 2.45) is 0 Å². The summed E-state index contributed by atoms with van der Waals surface area (Å²) in [6.45, 7) is 3.59. The summed E-state index contributed by atoms with van der Waals surface area (Å²) in [7, 11) is 0. The molecule has 3 aromatic rings. The maximum atomic E-state index is 11.1. The molecule has 0 aliphatic rings. The second-order valence-electron chi connectivity index (χ2n) is 5.11. The van der Waals surface area contributed by atoms with Gasteiger partial charge in [-0.1, -0.05) is 6.07 Å². The number of aromatic amines is 2. The Labute approximate surface area is 114 Å². The molecule has 0 aliphatic carbocycles. The number of hydrogen-bond acceptors (Lipinski definition) is 4. The van der Waals surface area contributed by atoms with Gasteiger partial charge in [-0.2, -0.15) is 5.26 Å². The second kappa shape index (κ2) is 4.10. The van der Waals surface area contributed by atoms with Gasteiger partial charge in [0.1, 0.15) is 11.2 Å². The summed E-state index contributed by atoms with van der Waals surface area (Å²) < 4.78 is 5.03. The number of rotatable bonds is 2. The third kappa shape index (κ3) is 1.89. The Kier molecular flexibility index (Phi) is 2.51. The van der Waals surface area contributed by atoms with E-state index in [2.05, 4.69) is 21.0 Å². The SMILES string of the molecule is CC(C)(C#N)c1ncc(-c2ccc3[nH]c(=O)oc3c2)[nH]1. The van der Waals surface area contributed by atoms with Crippen molar-refractivity contribution in [3.8, 4) is 17.3 Å². The molecule has 0 saturated heterocycles. The van der Waals surface area contributed by atoms with Crippen LogP contribution in [0, 0.1) is 11.3 Å². The summed E-state index contributed by atoms with van der Waals surface area (Å²) in [5.41, 5.74) is 2.07. The van der Waals surface area contributed by atoms with E-state index in [1.54, 1.807) is 32.2 Å². The third-order valence-electron chi connectivity index (χ3n) is 3.18. The van der Waals surface area contributed by atoms with Crippen LogP contribution in [-0.2, 0) is 5.41 Å².